The minimum Gasteiger partial charge on any atom is -0.352 e. The summed E-state index contributed by atoms with van der Waals surface area (Å²) in [6, 6.07) is 2.95. The first-order valence-corrected chi connectivity index (χ1v) is 12.5. The molecule has 1 aliphatic heterocycles. The van der Waals surface area contributed by atoms with E-state index in [4.69, 9.17) is 0 Å². The number of rotatable bonds is 6. The predicted molar refractivity (Wildman–Crippen MR) is 117 cm³/mol. The number of carbonyl (C=O) groups is 3. The highest BCUT2D eigenvalue weighted by Crippen LogP contribution is 2.30. The Morgan fingerprint density at radius 3 is 2.40 bits per heavy atom. The van der Waals surface area contributed by atoms with Gasteiger partial charge in [0.1, 0.15) is 12.1 Å². The number of hydrogen-bond acceptors (Lipinski definition) is 4. The second-order valence-electron chi connectivity index (χ2n) is 9.01. The third-order valence-corrected chi connectivity index (χ3v) is 7.83. The summed E-state index contributed by atoms with van der Waals surface area (Å²) in [6.07, 6.45) is 11.2. The van der Waals surface area contributed by atoms with Crippen LogP contribution in [0.25, 0.3) is 0 Å². The molecule has 0 bridgehead atoms. The zero-order chi connectivity index (χ0) is 20.9. The van der Waals surface area contributed by atoms with E-state index in [-0.39, 0.29) is 29.7 Å². The second kappa shape index (κ2) is 9.94. The quantitative estimate of drug-likeness (QED) is 0.724. The van der Waals surface area contributed by atoms with Crippen LogP contribution in [0, 0.1) is 5.92 Å². The van der Waals surface area contributed by atoms with Gasteiger partial charge in [-0.1, -0.05) is 38.2 Å². The molecule has 0 aromatic carbocycles. The Labute approximate surface area is 182 Å². The van der Waals surface area contributed by atoms with Crippen molar-refractivity contribution < 1.29 is 14.4 Å². The zero-order valence-electron chi connectivity index (χ0n) is 17.6. The Bertz CT molecular complexity index is 739. The van der Waals surface area contributed by atoms with Gasteiger partial charge >= 0.3 is 0 Å². The topological polar surface area (TPSA) is 78.5 Å². The largest absolute Gasteiger partial charge is 0.352 e. The zero-order valence-corrected chi connectivity index (χ0v) is 18.4. The van der Waals surface area contributed by atoms with Crippen LogP contribution in [0.15, 0.2) is 17.5 Å². The Morgan fingerprint density at radius 2 is 1.70 bits per heavy atom. The first-order chi connectivity index (χ1) is 14.6. The third kappa shape index (κ3) is 4.88. The summed E-state index contributed by atoms with van der Waals surface area (Å²) in [4.78, 5) is 41.7. The predicted octanol–water partition coefficient (Wildman–Crippen LogP) is 3.48. The number of carbonyl (C=O) groups excluding carboxylic acids is 3. The minimum atomic E-state index is -0.542. The van der Waals surface area contributed by atoms with Crippen molar-refractivity contribution in [1.29, 1.82) is 0 Å². The third-order valence-electron chi connectivity index (χ3n) is 6.96. The first-order valence-electron chi connectivity index (χ1n) is 11.6. The summed E-state index contributed by atoms with van der Waals surface area (Å²) in [6.45, 7) is 0.597. The lowest BCUT2D eigenvalue weighted by molar-refractivity contribution is -0.141. The Hall–Kier alpha value is -1.89. The van der Waals surface area contributed by atoms with Crippen molar-refractivity contribution in [2.45, 2.75) is 88.8 Å². The maximum atomic E-state index is 13.6. The number of hydrogen-bond donors (Lipinski definition) is 2. The van der Waals surface area contributed by atoms with E-state index in [0.717, 1.165) is 57.8 Å². The summed E-state index contributed by atoms with van der Waals surface area (Å²) in [5.41, 5.74) is 0. The molecule has 0 spiro atoms. The maximum absolute atomic E-state index is 13.6. The molecule has 7 heteroatoms. The average molecular weight is 432 g/mol. The van der Waals surface area contributed by atoms with Crippen LogP contribution < -0.4 is 10.6 Å². The molecule has 6 nitrogen and oxygen atoms in total. The monoisotopic (exact) mass is 431 g/mol. The van der Waals surface area contributed by atoms with E-state index in [1.54, 1.807) is 11.0 Å². The molecule has 164 valence electrons. The van der Waals surface area contributed by atoms with Gasteiger partial charge in [0.2, 0.25) is 11.8 Å². The van der Waals surface area contributed by atoms with E-state index in [1.165, 1.54) is 17.8 Å². The molecule has 3 amide bonds. The van der Waals surface area contributed by atoms with Gasteiger partial charge in [-0.15, -0.1) is 11.3 Å². The first kappa shape index (κ1) is 21.3. The summed E-state index contributed by atoms with van der Waals surface area (Å²) in [5, 5.41) is 8.09. The molecule has 1 aromatic heterocycles. The number of thiophene rings is 1. The smallest absolute Gasteiger partial charge is 0.262 e. The Kier molecular flexibility index (Phi) is 7.08. The summed E-state index contributed by atoms with van der Waals surface area (Å²) in [7, 11) is 0. The van der Waals surface area contributed by atoms with Gasteiger partial charge in [0, 0.05) is 12.6 Å². The molecule has 30 heavy (non-hydrogen) atoms. The van der Waals surface area contributed by atoms with E-state index in [2.05, 4.69) is 10.6 Å². The molecule has 0 unspecified atom stereocenters. The summed E-state index contributed by atoms with van der Waals surface area (Å²) in [5.74, 6) is -0.120. The van der Waals surface area contributed by atoms with Gasteiger partial charge in [-0.3, -0.25) is 14.4 Å². The van der Waals surface area contributed by atoms with Crippen molar-refractivity contribution in [2.75, 3.05) is 6.54 Å². The highest BCUT2D eigenvalue weighted by Gasteiger charge is 2.41. The van der Waals surface area contributed by atoms with Gasteiger partial charge in [-0.05, 0) is 55.9 Å². The van der Waals surface area contributed by atoms with Crippen molar-refractivity contribution in [3.63, 3.8) is 0 Å². The van der Waals surface area contributed by atoms with Crippen LogP contribution in [-0.4, -0.2) is 47.3 Å². The van der Waals surface area contributed by atoms with Gasteiger partial charge in [-0.2, -0.15) is 0 Å². The van der Waals surface area contributed by atoms with Gasteiger partial charge in [0.15, 0.2) is 0 Å². The highest BCUT2D eigenvalue weighted by molar-refractivity contribution is 7.12. The standard InChI is InChI=1S/C23H33N3O3S/c27-21(24-17-10-4-5-11-17)18-12-6-14-26(18)23(29)20(16-8-2-1-3-9-16)25-22(28)19-13-7-15-30-19/h7,13,15-18,20H,1-6,8-12,14H2,(H,24,27)(H,25,28)/t18-,20-/m0/s1. The van der Waals surface area contributed by atoms with E-state index >= 15 is 0 Å². The van der Waals surface area contributed by atoms with E-state index < -0.39 is 12.1 Å². The fourth-order valence-corrected chi connectivity index (χ4v) is 5.94. The summed E-state index contributed by atoms with van der Waals surface area (Å²) < 4.78 is 0. The molecule has 4 rings (SSSR count). The van der Waals surface area contributed by atoms with Crippen LogP contribution in [0.3, 0.4) is 0 Å². The van der Waals surface area contributed by atoms with Gasteiger partial charge in [-0.25, -0.2) is 0 Å². The maximum Gasteiger partial charge on any atom is 0.262 e. The molecule has 3 fully saturated rings. The van der Waals surface area contributed by atoms with Gasteiger partial charge < -0.3 is 15.5 Å². The molecule has 2 N–H and O–H groups in total. The molecule has 2 aliphatic carbocycles. The molecular formula is C23H33N3O3S. The fraction of sp³-hybridized carbons (Fsp3) is 0.696. The lowest BCUT2D eigenvalue weighted by Gasteiger charge is -2.34. The molecule has 3 aliphatic rings. The number of nitrogens with one attached hydrogen (secondary N) is 2. The van der Waals surface area contributed by atoms with Crippen molar-refractivity contribution in [1.82, 2.24) is 15.5 Å². The SMILES string of the molecule is O=C(N[C@H](C(=O)N1CCC[C@H]1C(=O)NC1CCCC1)C1CCCCC1)c1cccs1. The van der Waals surface area contributed by atoms with Crippen LogP contribution in [0.4, 0.5) is 0 Å². The van der Waals surface area contributed by atoms with Crippen molar-refractivity contribution in [3.05, 3.63) is 22.4 Å². The lowest BCUT2D eigenvalue weighted by atomic mass is 9.83. The van der Waals surface area contributed by atoms with Crippen LogP contribution in [0.5, 0.6) is 0 Å². The van der Waals surface area contributed by atoms with E-state index in [1.807, 2.05) is 11.4 Å². The molecule has 0 radical (unpaired) electrons. The van der Waals surface area contributed by atoms with Crippen LogP contribution in [0.2, 0.25) is 0 Å². The second-order valence-corrected chi connectivity index (χ2v) is 9.95. The Morgan fingerprint density at radius 1 is 0.967 bits per heavy atom. The molecule has 2 heterocycles. The van der Waals surface area contributed by atoms with Gasteiger partial charge in [0.25, 0.3) is 5.91 Å². The lowest BCUT2D eigenvalue weighted by Crippen LogP contribution is -2.56. The fourth-order valence-electron chi connectivity index (χ4n) is 5.32. The number of likely N-dealkylation sites (tertiary alicyclic amines) is 1. The number of amides is 3. The Balaban J connectivity index is 1.47. The van der Waals surface area contributed by atoms with Crippen LogP contribution in [0.1, 0.15) is 80.3 Å². The molecule has 1 aromatic rings. The highest BCUT2D eigenvalue weighted by atomic mass is 32.1. The normalized spacial score (nSPS) is 24.0. The molecule has 2 atom stereocenters. The van der Waals surface area contributed by atoms with Crippen molar-refractivity contribution in [3.8, 4) is 0 Å². The molecular weight excluding hydrogens is 398 g/mol. The van der Waals surface area contributed by atoms with E-state index in [0.29, 0.717) is 17.8 Å². The van der Waals surface area contributed by atoms with Crippen LogP contribution in [-0.2, 0) is 9.59 Å². The van der Waals surface area contributed by atoms with E-state index in [9.17, 15) is 14.4 Å². The van der Waals surface area contributed by atoms with Crippen molar-refractivity contribution >= 4 is 29.1 Å². The molecule has 2 saturated carbocycles. The molecule has 1 saturated heterocycles. The number of nitrogens with zero attached hydrogens (tertiary/aromatic N) is 1. The summed E-state index contributed by atoms with van der Waals surface area (Å²) >= 11 is 1.39. The van der Waals surface area contributed by atoms with Crippen LogP contribution >= 0.6 is 11.3 Å². The van der Waals surface area contributed by atoms with Crippen molar-refractivity contribution in [2.24, 2.45) is 5.92 Å². The van der Waals surface area contributed by atoms with Gasteiger partial charge in [0.05, 0.1) is 4.88 Å². The minimum absolute atomic E-state index is 0.0141. The average Bonchev–Trinajstić information content (AvgIpc) is 3.54.